The standard InChI is InChI=1S/C15H26N4O/c1-3-14-10-16-12(2)18-15(14)17-9-13-5-4-6-19(11-13)7-8-20/h10,13,20H,3-9,11H2,1-2H3,(H,16,17,18)/t13-/m1/s1. The lowest BCUT2D eigenvalue weighted by molar-refractivity contribution is 0.144. The normalized spacial score (nSPS) is 20.1. The van der Waals surface area contributed by atoms with E-state index in [1.807, 2.05) is 13.1 Å². The van der Waals surface area contributed by atoms with Gasteiger partial charge >= 0.3 is 0 Å². The van der Waals surface area contributed by atoms with E-state index in [1.165, 1.54) is 18.4 Å². The van der Waals surface area contributed by atoms with Crippen molar-refractivity contribution in [1.29, 1.82) is 0 Å². The molecule has 0 radical (unpaired) electrons. The second-order valence-electron chi connectivity index (χ2n) is 5.56. The zero-order valence-electron chi connectivity index (χ0n) is 12.6. The van der Waals surface area contributed by atoms with E-state index in [9.17, 15) is 0 Å². The topological polar surface area (TPSA) is 61.3 Å². The maximum absolute atomic E-state index is 9.04. The fourth-order valence-electron chi connectivity index (χ4n) is 2.81. The van der Waals surface area contributed by atoms with Gasteiger partial charge in [0.25, 0.3) is 0 Å². The van der Waals surface area contributed by atoms with Crippen LogP contribution in [0.2, 0.25) is 0 Å². The molecule has 2 rings (SSSR count). The molecule has 20 heavy (non-hydrogen) atoms. The molecule has 2 N–H and O–H groups in total. The van der Waals surface area contributed by atoms with Crippen LogP contribution in [0, 0.1) is 12.8 Å². The van der Waals surface area contributed by atoms with Crippen molar-refractivity contribution < 1.29 is 5.11 Å². The molecule has 0 bridgehead atoms. The fraction of sp³-hybridized carbons (Fsp3) is 0.733. The molecule has 5 nitrogen and oxygen atoms in total. The van der Waals surface area contributed by atoms with Gasteiger partial charge in [-0.1, -0.05) is 6.92 Å². The summed E-state index contributed by atoms with van der Waals surface area (Å²) in [5.74, 6) is 2.44. The minimum absolute atomic E-state index is 0.255. The Labute approximate surface area is 121 Å². The Kier molecular flexibility index (Phi) is 5.73. The number of likely N-dealkylation sites (tertiary alicyclic amines) is 1. The van der Waals surface area contributed by atoms with E-state index in [0.717, 1.165) is 44.2 Å². The first-order valence-corrected chi connectivity index (χ1v) is 7.62. The number of hydrogen-bond acceptors (Lipinski definition) is 5. The molecule has 1 aromatic heterocycles. The Morgan fingerprint density at radius 3 is 3.10 bits per heavy atom. The van der Waals surface area contributed by atoms with E-state index in [4.69, 9.17) is 5.11 Å². The van der Waals surface area contributed by atoms with Crippen LogP contribution in [-0.2, 0) is 6.42 Å². The molecule has 0 spiro atoms. The van der Waals surface area contributed by atoms with Crippen molar-refractivity contribution in [3.05, 3.63) is 17.6 Å². The third kappa shape index (κ3) is 4.15. The molecule has 2 heterocycles. The monoisotopic (exact) mass is 278 g/mol. The number of β-amino-alcohol motifs (C(OH)–C–C–N with tert-alkyl or cyclic N) is 1. The average Bonchev–Trinajstić information content (AvgIpc) is 2.46. The van der Waals surface area contributed by atoms with Gasteiger partial charge in [0.05, 0.1) is 6.61 Å². The van der Waals surface area contributed by atoms with Gasteiger partial charge in [0, 0.05) is 31.4 Å². The third-order valence-corrected chi connectivity index (χ3v) is 3.94. The summed E-state index contributed by atoms with van der Waals surface area (Å²) in [5, 5.41) is 12.5. The number of piperidine rings is 1. The van der Waals surface area contributed by atoms with E-state index in [2.05, 4.69) is 27.1 Å². The number of aliphatic hydroxyl groups excluding tert-OH is 1. The Bertz CT molecular complexity index is 422. The van der Waals surface area contributed by atoms with Crippen LogP contribution in [0.25, 0.3) is 0 Å². The number of nitrogens with zero attached hydrogens (tertiary/aromatic N) is 3. The molecule has 1 aromatic rings. The predicted octanol–water partition coefficient (Wildman–Crippen LogP) is 1.46. The van der Waals surface area contributed by atoms with Gasteiger partial charge in [0.2, 0.25) is 0 Å². The second kappa shape index (κ2) is 7.55. The number of hydrogen-bond donors (Lipinski definition) is 2. The highest BCUT2D eigenvalue weighted by molar-refractivity contribution is 5.42. The number of aromatic nitrogens is 2. The van der Waals surface area contributed by atoms with Crippen LogP contribution in [-0.4, -0.2) is 52.8 Å². The van der Waals surface area contributed by atoms with Crippen molar-refractivity contribution in [2.24, 2.45) is 5.92 Å². The number of nitrogens with one attached hydrogen (secondary N) is 1. The summed E-state index contributed by atoms with van der Waals surface area (Å²) in [5.41, 5.74) is 1.18. The van der Waals surface area contributed by atoms with Crippen LogP contribution in [0.5, 0.6) is 0 Å². The first-order valence-electron chi connectivity index (χ1n) is 7.62. The minimum Gasteiger partial charge on any atom is -0.395 e. The van der Waals surface area contributed by atoms with Gasteiger partial charge in [0.15, 0.2) is 0 Å². The number of aryl methyl sites for hydroxylation is 2. The lowest BCUT2D eigenvalue weighted by Gasteiger charge is -2.32. The molecular weight excluding hydrogens is 252 g/mol. The van der Waals surface area contributed by atoms with Crippen LogP contribution in [0.3, 0.4) is 0 Å². The highest BCUT2D eigenvalue weighted by Crippen LogP contribution is 2.18. The van der Waals surface area contributed by atoms with Crippen molar-refractivity contribution in [3.63, 3.8) is 0 Å². The van der Waals surface area contributed by atoms with E-state index >= 15 is 0 Å². The maximum atomic E-state index is 9.04. The Morgan fingerprint density at radius 1 is 1.50 bits per heavy atom. The average molecular weight is 278 g/mol. The molecule has 1 aliphatic rings. The largest absolute Gasteiger partial charge is 0.395 e. The summed E-state index contributed by atoms with van der Waals surface area (Å²) in [4.78, 5) is 11.1. The van der Waals surface area contributed by atoms with E-state index in [1.54, 1.807) is 0 Å². The number of rotatable bonds is 6. The van der Waals surface area contributed by atoms with Gasteiger partial charge in [-0.25, -0.2) is 9.97 Å². The van der Waals surface area contributed by atoms with Crippen molar-refractivity contribution in [2.75, 3.05) is 38.1 Å². The number of anilines is 1. The molecule has 112 valence electrons. The summed E-state index contributed by atoms with van der Waals surface area (Å²) >= 11 is 0. The quantitative estimate of drug-likeness (QED) is 0.825. The summed E-state index contributed by atoms with van der Waals surface area (Å²) in [6, 6.07) is 0. The van der Waals surface area contributed by atoms with Crippen LogP contribution in [0.4, 0.5) is 5.82 Å². The van der Waals surface area contributed by atoms with E-state index in [0.29, 0.717) is 5.92 Å². The summed E-state index contributed by atoms with van der Waals surface area (Å²) < 4.78 is 0. The molecule has 1 saturated heterocycles. The fourth-order valence-corrected chi connectivity index (χ4v) is 2.81. The van der Waals surface area contributed by atoms with Gasteiger partial charge in [-0.05, 0) is 38.6 Å². The SMILES string of the molecule is CCc1cnc(C)nc1NC[C@H]1CCCN(CCO)C1. The van der Waals surface area contributed by atoms with Gasteiger partial charge in [0.1, 0.15) is 11.6 Å². The first kappa shape index (κ1) is 15.2. The van der Waals surface area contributed by atoms with Crippen molar-refractivity contribution in [3.8, 4) is 0 Å². The second-order valence-corrected chi connectivity index (χ2v) is 5.56. The van der Waals surface area contributed by atoms with Gasteiger partial charge in [-0.3, -0.25) is 0 Å². The molecule has 1 aliphatic heterocycles. The Morgan fingerprint density at radius 2 is 2.35 bits per heavy atom. The Hall–Kier alpha value is -1.20. The smallest absolute Gasteiger partial charge is 0.132 e. The summed E-state index contributed by atoms with van der Waals surface area (Å²) in [7, 11) is 0. The minimum atomic E-state index is 0.255. The molecule has 5 heteroatoms. The molecule has 0 amide bonds. The molecule has 1 atom stereocenters. The van der Waals surface area contributed by atoms with Crippen molar-refractivity contribution in [2.45, 2.75) is 33.1 Å². The van der Waals surface area contributed by atoms with Gasteiger partial charge < -0.3 is 15.3 Å². The van der Waals surface area contributed by atoms with E-state index in [-0.39, 0.29) is 6.61 Å². The van der Waals surface area contributed by atoms with Crippen molar-refractivity contribution >= 4 is 5.82 Å². The van der Waals surface area contributed by atoms with Crippen LogP contribution >= 0.6 is 0 Å². The van der Waals surface area contributed by atoms with Gasteiger partial charge in [-0.15, -0.1) is 0 Å². The third-order valence-electron chi connectivity index (χ3n) is 3.94. The van der Waals surface area contributed by atoms with E-state index < -0.39 is 0 Å². The van der Waals surface area contributed by atoms with Crippen LogP contribution in [0.15, 0.2) is 6.20 Å². The highest BCUT2D eigenvalue weighted by Gasteiger charge is 2.19. The zero-order valence-corrected chi connectivity index (χ0v) is 12.6. The first-order chi connectivity index (χ1) is 9.72. The van der Waals surface area contributed by atoms with Crippen molar-refractivity contribution in [1.82, 2.24) is 14.9 Å². The summed E-state index contributed by atoms with van der Waals surface area (Å²) in [6.45, 7) is 8.24. The lowest BCUT2D eigenvalue weighted by atomic mass is 9.98. The predicted molar refractivity (Wildman–Crippen MR) is 80.9 cm³/mol. The maximum Gasteiger partial charge on any atom is 0.132 e. The highest BCUT2D eigenvalue weighted by atomic mass is 16.3. The molecule has 1 fully saturated rings. The summed E-state index contributed by atoms with van der Waals surface area (Å²) in [6.07, 6.45) is 5.34. The molecule has 0 aromatic carbocycles. The molecule has 0 saturated carbocycles. The number of aliphatic hydroxyl groups is 1. The van der Waals surface area contributed by atoms with Gasteiger partial charge in [-0.2, -0.15) is 0 Å². The molecule has 0 aliphatic carbocycles. The zero-order chi connectivity index (χ0) is 14.4. The van der Waals surface area contributed by atoms with Crippen LogP contribution < -0.4 is 5.32 Å². The Balaban J connectivity index is 1.89. The molecule has 0 unspecified atom stereocenters. The lowest BCUT2D eigenvalue weighted by Crippen LogP contribution is -2.39. The van der Waals surface area contributed by atoms with Crippen LogP contribution in [0.1, 0.15) is 31.2 Å². The molecular formula is C15H26N4O.